The molecule has 0 unspecified atom stereocenters. The summed E-state index contributed by atoms with van der Waals surface area (Å²) in [6.07, 6.45) is 4.01. The van der Waals surface area contributed by atoms with Gasteiger partial charge in [-0.05, 0) is 43.2 Å². The number of carbonyl (C=O) groups excluding carboxylic acids is 1. The van der Waals surface area contributed by atoms with Gasteiger partial charge in [-0.25, -0.2) is 14.8 Å². The number of aromatic nitrogens is 3. The summed E-state index contributed by atoms with van der Waals surface area (Å²) in [5.41, 5.74) is 3.96. The molecule has 1 aliphatic heterocycles. The Morgan fingerprint density at radius 1 is 1.21 bits per heavy atom. The maximum atomic E-state index is 11.6. The van der Waals surface area contributed by atoms with Crippen molar-refractivity contribution in [1.29, 1.82) is 0 Å². The topological polar surface area (TPSA) is 71.1 Å². The van der Waals surface area contributed by atoms with E-state index in [4.69, 9.17) is 4.74 Å². The van der Waals surface area contributed by atoms with Crippen LogP contribution in [0.2, 0.25) is 0 Å². The van der Waals surface area contributed by atoms with Crippen LogP contribution in [0.1, 0.15) is 23.2 Å². The summed E-state index contributed by atoms with van der Waals surface area (Å²) in [5, 5.41) is 0. The first-order chi connectivity index (χ1) is 11.7. The lowest BCUT2D eigenvalue weighted by molar-refractivity contribution is 0.0600. The van der Waals surface area contributed by atoms with E-state index in [9.17, 15) is 4.79 Å². The molecule has 4 rings (SSSR count). The molecular formula is C18H18N4O2. The number of pyridine rings is 1. The molecule has 1 aromatic carbocycles. The van der Waals surface area contributed by atoms with Crippen LogP contribution < -0.4 is 4.90 Å². The highest BCUT2D eigenvalue weighted by Crippen LogP contribution is 2.25. The number of carbonyl (C=O) groups is 1. The predicted molar refractivity (Wildman–Crippen MR) is 92.1 cm³/mol. The van der Waals surface area contributed by atoms with Gasteiger partial charge < -0.3 is 14.6 Å². The molecule has 0 saturated carbocycles. The van der Waals surface area contributed by atoms with Crippen LogP contribution in [0.3, 0.4) is 0 Å². The van der Waals surface area contributed by atoms with Crippen LogP contribution in [0.15, 0.2) is 36.5 Å². The molecular weight excluding hydrogens is 304 g/mol. The summed E-state index contributed by atoms with van der Waals surface area (Å²) in [7, 11) is 1.35. The van der Waals surface area contributed by atoms with E-state index in [0.717, 1.165) is 30.0 Å². The molecule has 3 aromatic rings. The molecule has 1 fully saturated rings. The standard InChI is InChI=1S/C18H18N4O2/c1-24-18(23)13-10-15-17(19-11-13)21-16(20-15)12-4-6-14(7-5-12)22-8-2-3-9-22/h4-7,10-11H,2-3,8-9H2,1H3,(H,19,20,21). The van der Waals surface area contributed by atoms with E-state index in [2.05, 4.69) is 44.1 Å². The van der Waals surface area contributed by atoms with E-state index in [1.807, 2.05) is 0 Å². The van der Waals surface area contributed by atoms with Gasteiger partial charge in [0.15, 0.2) is 5.65 Å². The molecule has 0 bridgehead atoms. The van der Waals surface area contributed by atoms with Crippen LogP contribution in [-0.4, -0.2) is 41.1 Å². The van der Waals surface area contributed by atoms with E-state index < -0.39 is 5.97 Å². The summed E-state index contributed by atoms with van der Waals surface area (Å²) in [4.78, 5) is 25.9. The van der Waals surface area contributed by atoms with Crippen molar-refractivity contribution in [2.24, 2.45) is 0 Å². The molecule has 0 radical (unpaired) electrons. The summed E-state index contributed by atoms with van der Waals surface area (Å²) >= 11 is 0. The Bertz CT molecular complexity index is 880. The number of nitrogens with one attached hydrogen (secondary N) is 1. The van der Waals surface area contributed by atoms with Crippen molar-refractivity contribution in [1.82, 2.24) is 15.0 Å². The Morgan fingerprint density at radius 2 is 1.96 bits per heavy atom. The van der Waals surface area contributed by atoms with Gasteiger partial charge in [-0.2, -0.15) is 0 Å². The predicted octanol–water partition coefficient (Wildman–Crippen LogP) is 3.01. The Balaban J connectivity index is 1.64. The highest BCUT2D eigenvalue weighted by molar-refractivity contribution is 5.92. The molecule has 3 heterocycles. The minimum atomic E-state index is -0.407. The lowest BCUT2D eigenvalue weighted by Gasteiger charge is -2.17. The lowest BCUT2D eigenvalue weighted by Crippen LogP contribution is -2.17. The Hall–Kier alpha value is -2.89. The summed E-state index contributed by atoms with van der Waals surface area (Å²) in [6.45, 7) is 2.26. The van der Waals surface area contributed by atoms with Crippen LogP contribution in [0.5, 0.6) is 0 Å². The van der Waals surface area contributed by atoms with E-state index in [1.54, 1.807) is 6.07 Å². The minimum absolute atomic E-state index is 0.407. The fraction of sp³-hybridized carbons (Fsp3) is 0.278. The minimum Gasteiger partial charge on any atom is -0.465 e. The molecule has 6 heteroatoms. The van der Waals surface area contributed by atoms with E-state index in [-0.39, 0.29) is 0 Å². The fourth-order valence-corrected chi connectivity index (χ4v) is 3.07. The number of rotatable bonds is 3. The summed E-state index contributed by atoms with van der Waals surface area (Å²) in [6, 6.07) is 10.1. The monoisotopic (exact) mass is 322 g/mol. The van der Waals surface area contributed by atoms with Crippen molar-refractivity contribution in [3.63, 3.8) is 0 Å². The number of esters is 1. The van der Waals surface area contributed by atoms with Crippen molar-refractivity contribution in [3.8, 4) is 11.4 Å². The number of nitrogens with zero attached hydrogens (tertiary/aromatic N) is 3. The normalized spacial score (nSPS) is 14.3. The highest BCUT2D eigenvalue weighted by atomic mass is 16.5. The number of H-pyrrole nitrogens is 1. The Kier molecular flexibility index (Phi) is 3.65. The first kappa shape index (κ1) is 14.7. The third kappa shape index (κ3) is 2.60. The van der Waals surface area contributed by atoms with Crippen LogP contribution in [0.4, 0.5) is 5.69 Å². The van der Waals surface area contributed by atoms with Crippen molar-refractivity contribution < 1.29 is 9.53 Å². The zero-order chi connectivity index (χ0) is 16.5. The van der Waals surface area contributed by atoms with Gasteiger partial charge in [-0.3, -0.25) is 0 Å². The molecule has 122 valence electrons. The number of imidazole rings is 1. The third-order valence-electron chi connectivity index (χ3n) is 4.37. The second kappa shape index (κ2) is 5.96. The van der Waals surface area contributed by atoms with Crippen molar-refractivity contribution in [2.75, 3.05) is 25.1 Å². The van der Waals surface area contributed by atoms with Gasteiger partial charge in [0.25, 0.3) is 0 Å². The second-order valence-corrected chi connectivity index (χ2v) is 5.91. The number of ether oxygens (including phenoxy) is 1. The number of hydrogen-bond acceptors (Lipinski definition) is 5. The maximum absolute atomic E-state index is 11.6. The number of fused-ring (bicyclic) bond motifs is 1. The maximum Gasteiger partial charge on any atom is 0.339 e. The number of methoxy groups -OCH3 is 1. The molecule has 0 amide bonds. The SMILES string of the molecule is COC(=O)c1cnc2nc(-c3ccc(N4CCCC4)cc3)[nH]c2c1. The fourth-order valence-electron chi connectivity index (χ4n) is 3.07. The average Bonchev–Trinajstić information content (AvgIpc) is 3.30. The molecule has 6 nitrogen and oxygen atoms in total. The van der Waals surface area contributed by atoms with Crippen molar-refractivity contribution >= 4 is 22.8 Å². The molecule has 2 aromatic heterocycles. The van der Waals surface area contributed by atoms with Gasteiger partial charge in [0.1, 0.15) is 5.82 Å². The van der Waals surface area contributed by atoms with E-state index in [1.165, 1.54) is 31.8 Å². The van der Waals surface area contributed by atoms with Crippen molar-refractivity contribution in [2.45, 2.75) is 12.8 Å². The molecule has 1 N–H and O–H groups in total. The molecule has 1 aliphatic rings. The van der Waals surface area contributed by atoms with Gasteiger partial charge >= 0.3 is 5.97 Å². The first-order valence-corrected chi connectivity index (χ1v) is 8.04. The van der Waals surface area contributed by atoms with Crippen LogP contribution in [0.25, 0.3) is 22.6 Å². The number of hydrogen-bond donors (Lipinski definition) is 1. The average molecular weight is 322 g/mol. The number of anilines is 1. The highest BCUT2D eigenvalue weighted by Gasteiger charge is 2.14. The first-order valence-electron chi connectivity index (χ1n) is 8.04. The van der Waals surface area contributed by atoms with Crippen LogP contribution in [0, 0.1) is 0 Å². The molecule has 0 atom stereocenters. The Labute approximate surface area is 139 Å². The molecule has 24 heavy (non-hydrogen) atoms. The number of aromatic amines is 1. The van der Waals surface area contributed by atoms with Crippen LogP contribution in [-0.2, 0) is 4.74 Å². The third-order valence-corrected chi connectivity index (χ3v) is 4.37. The quantitative estimate of drug-likeness (QED) is 0.751. The smallest absolute Gasteiger partial charge is 0.339 e. The molecule has 0 spiro atoms. The zero-order valence-electron chi connectivity index (χ0n) is 13.5. The largest absolute Gasteiger partial charge is 0.465 e. The Morgan fingerprint density at radius 3 is 2.67 bits per heavy atom. The molecule has 0 aliphatic carbocycles. The zero-order valence-corrected chi connectivity index (χ0v) is 13.5. The van der Waals surface area contributed by atoms with Gasteiger partial charge in [0, 0.05) is 30.5 Å². The van der Waals surface area contributed by atoms with E-state index in [0.29, 0.717) is 11.2 Å². The second-order valence-electron chi connectivity index (χ2n) is 5.91. The van der Waals surface area contributed by atoms with Crippen LogP contribution >= 0.6 is 0 Å². The van der Waals surface area contributed by atoms with Gasteiger partial charge in [0.05, 0.1) is 18.2 Å². The van der Waals surface area contributed by atoms with Gasteiger partial charge in [-0.1, -0.05) is 0 Å². The van der Waals surface area contributed by atoms with Gasteiger partial charge in [-0.15, -0.1) is 0 Å². The lowest BCUT2D eigenvalue weighted by atomic mass is 10.2. The van der Waals surface area contributed by atoms with Crippen molar-refractivity contribution in [3.05, 3.63) is 42.1 Å². The summed E-state index contributed by atoms with van der Waals surface area (Å²) < 4.78 is 4.72. The molecule has 1 saturated heterocycles. The summed E-state index contributed by atoms with van der Waals surface area (Å²) in [5.74, 6) is 0.336. The number of benzene rings is 1. The van der Waals surface area contributed by atoms with Gasteiger partial charge in [0.2, 0.25) is 0 Å². The van der Waals surface area contributed by atoms with E-state index >= 15 is 0 Å².